The summed E-state index contributed by atoms with van der Waals surface area (Å²) in [4.78, 5) is 11.6. The molecular weight excluding hydrogens is 204 g/mol. The number of aromatic hydroxyl groups is 1. The molecule has 1 rings (SSSR count). The lowest BCUT2D eigenvalue weighted by molar-refractivity contribution is 0.0440. The molecule has 0 heterocycles. The molecular formula is C13H18O3. The standard InChI is InChI=1S/C13H18O3/c1-3-6-10(2)9-16-13(15)11-7-4-5-8-12(11)14/h4-5,7-8,10,14H,3,6,9H2,1-2H3. The quantitative estimate of drug-likeness (QED) is 0.779. The van der Waals surface area contributed by atoms with Crippen LogP contribution in [0.3, 0.4) is 0 Å². The maximum absolute atomic E-state index is 11.6. The van der Waals surface area contributed by atoms with Crippen LogP contribution in [-0.2, 0) is 4.74 Å². The first-order chi connectivity index (χ1) is 7.65. The first-order valence-corrected chi connectivity index (χ1v) is 5.60. The summed E-state index contributed by atoms with van der Waals surface area (Å²) in [7, 11) is 0. The molecule has 1 N–H and O–H groups in total. The summed E-state index contributed by atoms with van der Waals surface area (Å²) >= 11 is 0. The number of carbonyl (C=O) groups excluding carboxylic acids is 1. The van der Waals surface area contributed by atoms with Gasteiger partial charge in [-0.3, -0.25) is 0 Å². The highest BCUT2D eigenvalue weighted by molar-refractivity contribution is 5.92. The van der Waals surface area contributed by atoms with E-state index in [1.54, 1.807) is 18.2 Å². The van der Waals surface area contributed by atoms with Crippen LogP contribution in [0.5, 0.6) is 5.75 Å². The van der Waals surface area contributed by atoms with Crippen LogP contribution in [0.15, 0.2) is 24.3 Å². The fourth-order valence-electron chi connectivity index (χ4n) is 1.52. The van der Waals surface area contributed by atoms with E-state index in [1.165, 1.54) is 6.07 Å². The molecule has 0 spiro atoms. The van der Waals surface area contributed by atoms with Gasteiger partial charge in [-0.25, -0.2) is 4.79 Å². The summed E-state index contributed by atoms with van der Waals surface area (Å²) < 4.78 is 5.12. The zero-order valence-corrected chi connectivity index (χ0v) is 9.77. The molecule has 0 aliphatic rings. The third-order valence-corrected chi connectivity index (χ3v) is 2.40. The molecule has 1 aromatic rings. The smallest absolute Gasteiger partial charge is 0.341 e. The Morgan fingerprint density at radius 2 is 2.12 bits per heavy atom. The summed E-state index contributed by atoms with van der Waals surface area (Å²) in [6, 6.07) is 6.41. The highest BCUT2D eigenvalue weighted by Gasteiger charge is 2.12. The molecule has 0 saturated carbocycles. The van der Waals surface area contributed by atoms with Crippen LogP contribution >= 0.6 is 0 Å². The Hall–Kier alpha value is -1.51. The second-order valence-electron chi connectivity index (χ2n) is 4.01. The van der Waals surface area contributed by atoms with Gasteiger partial charge in [-0.05, 0) is 24.5 Å². The van der Waals surface area contributed by atoms with E-state index in [0.29, 0.717) is 12.5 Å². The molecule has 0 radical (unpaired) electrons. The minimum Gasteiger partial charge on any atom is -0.507 e. The summed E-state index contributed by atoms with van der Waals surface area (Å²) in [5.74, 6) is -0.128. The van der Waals surface area contributed by atoms with E-state index in [0.717, 1.165) is 12.8 Å². The van der Waals surface area contributed by atoms with Crippen molar-refractivity contribution in [1.29, 1.82) is 0 Å². The molecule has 0 saturated heterocycles. The van der Waals surface area contributed by atoms with Crippen LogP contribution in [0.25, 0.3) is 0 Å². The minimum atomic E-state index is -0.457. The summed E-state index contributed by atoms with van der Waals surface area (Å²) in [5, 5.41) is 9.45. The Labute approximate surface area is 96.1 Å². The Morgan fingerprint density at radius 1 is 1.44 bits per heavy atom. The molecule has 0 amide bonds. The third-order valence-electron chi connectivity index (χ3n) is 2.40. The van der Waals surface area contributed by atoms with Crippen molar-refractivity contribution < 1.29 is 14.6 Å². The lowest BCUT2D eigenvalue weighted by atomic mass is 10.1. The molecule has 0 aromatic heterocycles. The van der Waals surface area contributed by atoms with Crippen molar-refractivity contribution in [1.82, 2.24) is 0 Å². The fraction of sp³-hybridized carbons (Fsp3) is 0.462. The highest BCUT2D eigenvalue weighted by Crippen LogP contribution is 2.17. The van der Waals surface area contributed by atoms with Crippen molar-refractivity contribution in [2.75, 3.05) is 6.61 Å². The molecule has 3 nitrogen and oxygen atoms in total. The number of hydrogen-bond acceptors (Lipinski definition) is 3. The molecule has 0 aliphatic carbocycles. The van der Waals surface area contributed by atoms with Gasteiger partial charge in [0.15, 0.2) is 0 Å². The first kappa shape index (κ1) is 12.6. The van der Waals surface area contributed by atoms with Gasteiger partial charge in [0.05, 0.1) is 6.61 Å². The molecule has 88 valence electrons. The third kappa shape index (κ3) is 3.57. The number of benzene rings is 1. The van der Waals surface area contributed by atoms with Gasteiger partial charge < -0.3 is 9.84 Å². The van der Waals surface area contributed by atoms with E-state index in [4.69, 9.17) is 4.74 Å². The van der Waals surface area contributed by atoms with E-state index in [9.17, 15) is 9.90 Å². The normalized spacial score (nSPS) is 12.1. The van der Waals surface area contributed by atoms with Crippen LogP contribution in [0.4, 0.5) is 0 Å². The van der Waals surface area contributed by atoms with Crippen LogP contribution in [-0.4, -0.2) is 17.7 Å². The lowest BCUT2D eigenvalue weighted by Gasteiger charge is -2.11. The van der Waals surface area contributed by atoms with E-state index >= 15 is 0 Å². The van der Waals surface area contributed by atoms with Gasteiger partial charge in [-0.15, -0.1) is 0 Å². The number of carbonyl (C=O) groups is 1. The average Bonchev–Trinajstić information content (AvgIpc) is 2.27. The predicted octanol–water partition coefficient (Wildman–Crippen LogP) is 2.99. The van der Waals surface area contributed by atoms with E-state index in [1.807, 2.05) is 6.92 Å². The second kappa shape index (κ2) is 6.16. The summed E-state index contributed by atoms with van der Waals surface area (Å²) in [6.07, 6.45) is 2.11. The minimum absolute atomic E-state index is 0.0318. The molecule has 16 heavy (non-hydrogen) atoms. The van der Waals surface area contributed by atoms with Gasteiger partial charge in [0, 0.05) is 0 Å². The van der Waals surface area contributed by atoms with Gasteiger partial charge >= 0.3 is 5.97 Å². The number of rotatable bonds is 5. The van der Waals surface area contributed by atoms with Crippen LogP contribution in [0.1, 0.15) is 37.0 Å². The zero-order chi connectivity index (χ0) is 12.0. The highest BCUT2D eigenvalue weighted by atomic mass is 16.5. The monoisotopic (exact) mass is 222 g/mol. The van der Waals surface area contributed by atoms with E-state index < -0.39 is 5.97 Å². The molecule has 1 atom stereocenters. The number of ether oxygens (including phenoxy) is 1. The number of para-hydroxylation sites is 1. The van der Waals surface area contributed by atoms with E-state index in [-0.39, 0.29) is 11.3 Å². The lowest BCUT2D eigenvalue weighted by Crippen LogP contribution is -2.12. The molecule has 1 aromatic carbocycles. The van der Waals surface area contributed by atoms with Crippen LogP contribution < -0.4 is 0 Å². The first-order valence-electron chi connectivity index (χ1n) is 5.60. The summed E-state index contributed by atoms with van der Waals surface area (Å²) in [6.45, 7) is 4.55. The van der Waals surface area contributed by atoms with Gasteiger partial charge in [-0.2, -0.15) is 0 Å². The van der Waals surface area contributed by atoms with Crippen molar-refractivity contribution in [3.63, 3.8) is 0 Å². The van der Waals surface area contributed by atoms with Gasteiger partial charge in [0.2, 0.25) is 0 Å². The molecule has 3 heteroatoms. The van der Waals surface area contributed by atoms with Gasteiger partial charge in [-0.1, -0.05) is 32.4 Å². The van der Waals surface area contributed by atoms with Crippen molar-refractivity contribution in [3.8, 4) is 5.75 Å². The van der Waals surface area contributed by atoms with Gasteiger partial charge in [0.1, 0.15) is 11.3 Å². The Bertz CT molecular complexity index is 347. The molecule has 0 bridgehead atoms. The second-order valence-corrected chi connectivity index (χ2v) is 4.01. The number of phenolic OH excluding ortho intramolecular Hbond substituents is 1. The largest absolute Gasteiger partial charge is 0.507 e. The zero-order valence-electron chi connectivity index (χ0n) is 9.77. The Balaban J connectivity index is 2.50. The maximum atomic E-state index is 11.6. The van der Waals surface area contributed by atoms with Crippen molar-refractivity contribution in [2.24, 2.45) is 5.92 Å². The molecule has 1 unspecified atom stereocenters. The average molecular weight is 222 g/mol. The van der Waals surface area contributed by atoms with Crippen molar-refractivity contribution in [3.05, 3.63) is 29.8 Å². The number of esters is 1. The molecule has 0 aliphatic heterocycles. The topological polar surface area (TPSA) is 46.5 Å². The fourth-order valence-corrected chi connectivity index (χ4v) is 1.52. The van der Waals surface area contributed by atoms with Crippen LogP contribution in [0, 0.1) is 5.92 Å². The number of hydrogen-bond donors (Lipinski definition) is 1. The molecule has 0 fully saturated rings. The van der Waals surface area contributed by atoms with E-state index in [2.05, 4.69) is 6.92 Å². The summed E-state index contributed by atoms with van der Waals surface area (Å²) in [5.41, 5.74) is 0.228. The van der Waals surface area contributed by atoms with Gasteiger partial charge in [0.25, 0.3) is 0 Å². The van der Waals surface area contributed by atoms with Crippen molar-refractivity contribution >= 4 is 5.97 Å². The number of phenols is 1. The SMILES string of the molecule is CCCC(C)COC(=O)c1ccccc1O. The maximum Gasteiger partial charge on any atom is 0.341 e. The van der Waals surface area contributed by atoms with Crippen LogP contribution in [0.2, 0.25) is 0 Å². The predicted molar refractivity (Wildman–Crippen MR) is 62.5 cm³/mol. The van der Waals surface area contributed by atoms with Crippen molar-refractivity contribution in [2.45, 2.75) is 26.7 Å². The Morgan fingerprint density at radius 3 is 2.75 bits per heavy atom. The Kier molecular flexibility index (Phi) is 4.83.